The summed E-state index contributed by atoms with van der Waals surface area (Å²) in [5, 5.41) is 6.32. The topological polar surface area (TPSA) is 95.9 Å². The molecule has 4 aromatic rings. The standard InChI is InChI=1S/C28H30FN7O/c1-17-8-9-18(26(37)33-21-7-5-6-19(13-21)28(2,3)4)12-22(17)34-25-24-23(31-16-32-25)14-30-27(35-24)36-11-10-20(29)15-36/h5-9,12-14,16,20H,10-11,15H2,1-4H3,(H,33,37)(H,31,32,34)/t20-/m1/s1. The third-order valence-electron chi connectivity index (χ3n) is 6.52. The molecule has 1 amide bonds. The Morgan fingerprint density at radius 3 is 2.70 bits per heavy atom. The van der Waals surface area contributed by atoms with Gasteiger partial charge in [0.05, 0.1) is 12.7 Å². The summed E-state index contributed by atoms with van der Waals surface area (Å²) >= 11 is 0. The molecule has 0 unspecified atom stereocenters. The molecule has 0 aliphatic carbocycles. The molecule has 0 saturated carbocycles. The average Bonchev–Trinajstić information content (AvgIpc) is 3.31. The van der Waals surface area contributed by atoms with Crippen molar-refractivity contribution in [3.8, 4) is 0 Å². The highest BCUT2D eigenvalue weighted by Crippen LogP contribution is 2.28. The molecular formula is C28H30FN7O. The first-order valence-corrected chi connectivity index (χ1v) is 12.3. The monoisotopic (exact) mass is 499 g/mol. The van der Waals surface area contributed by atoms with Crippen molar-refractivity contribution in [3.63, 3.8) is 0 Å². The zero-order valence-electron chi connectivity index (χ0n) is 21.4. The lowest BCUT2D eigenvalue weighted by molar-refractivity contribution is 0.102. The molecule has 8 nitrogen and oxygen atoms in total. The molecule has 5 rings (SSSR count). The summed E-state index contributed by atoms with van der Waals surface area (Å²) in [5.41, 5.74) is 5.14. The molecular weight excluding hydrogens is 469 g/mol. The van der Waals surface area contributed by atoms with Crippen LogP contribution in [0.4, 0.5) is 27.5 Å². The predicted molar refractivity (Wildman–Crippen MR) is 144 cm³/mol. The van der Waals surface area contributed by atoms with E-state index in [2.05, 4.69) is 57.4 Å². The summed E-state index contributed by atoms with van der Waals surface area (Å²) < 4.78 is 13.7. The number of nitrogens with one attached hydrogen (secondary N) is 2. The SMILES string of the molecule is Cc1ccc(C(=O)Nc2cccc(C(C)(C)C)c2)cc1Nc1ncnc2cnc(N3CC[C@@H](F)C3)nc12. The highest BCUT2D eigenvalue weighted by Gasteiger charge is 2.24. The smallest absolute Gasteiger partial charge is 0.255 e. The van der Waals surface area contributed by atoms with Gasteiger partial charge in [0.15, 0.2) is 5.82 Å². The number of rotatable bonds is 5. The van der Waals surface area contributed by atoms with Crippen LogP contribution in [0.5, 0.6) is 0 Å². The Balaban J connectivity index is 1.41. The van der Waals surface area contributed by atoms with Crippen molar-refractivity contribution in [2.45, 2.75) is 45.7 Å². The summed E-state index contributed by atoms with van der Waals surface area (Å²) in [6.45, 7) is 9.21. The highest BCUT2D eigenvalue weighted by molar-refractivity contribution is 6.05. The molecule has 1 fully saturated rings. The molecule has 0 radical (unpaired) electrons. The fourth-order valence-corrected chi connectivity index (χ4v) is 4.28. The van der Waals surface area contributed by atoms with Crippen LogP contribution >= 0.6 is 0 Å². The van der Waals surface area contributed by atoms with Crippen molar-refractivity contribution in [3.05, 3.63) is 71.7 Å². The first-order valence-electron chi connectivity index (χ1n) is 12.3. The maximum absolute atomic E-state index is 13.7. The first-order chi connectivity index (χ1) is 17.7. The summed E-state index contributed by atoms with van der Waals surface area (Å²) in [4.78, 5) is 32.6. The molecule has 1 atom stereocenters. The number of amides is 1. The minimum absolute atomic E-state index is 0.0201. The number of benzene rings is 2. The van der Waals surface area contributed by atoms with Crippen LogP contribution in [0.15, 0.2) is 55.0 Å². The zero-order valence-corrected chi connectivity index (χ0v) is 21.4. The van der Waals surface area contributed by atoms with Gasteiger partial charge in [-0.25, -0.2) is 24.3 Å². The van der Waals surface area contributed by atoms with Crippen molar-refractivity contribution in [1.29, 1.82) is 0 Å². The lowest BCUT2D eigenvalue weighted by Gasteiger charge is -2.20. The van der Waals surface area contributed by atoms with Crippen molar-refractivity contribution < 1.29 is 9.18 Å². The number of hydrogen-bond acceptors (Lipinski definition) is 7. The minimum atomic E-state index is -0.878. The molecule has 3 heterocycles. The predicted octanol–water partition coefficient (Wildman–Crippen LogP) is 5.57. The Bertz CT molecular complexity index is 1470. The normalized spacial score (nSPS) is 15.7. The van der Waals surface area contributed by atoms with E-state index < -0.39 is 6.17 Å². The van der Waals surface area contributed by atoms with Crippen LogP contribution in [0, 0.1) is 6.92 Å². The van der Waals surface area contributed by atoms with E-state index >= 15 is 0 Å². The number of nitrogens with zero attached hydrogens (tertiary/aromatic N) is 5. The molecule has 37 heavy (non-hydrogen) atoms. The summed E-state index contributed by atoms with van der Waals surface area (Å²) in [6.07, 6.45) is 2.65. The first kappa shape index (κ1) is 24.5. The number of halogens is 1. The summed E-state index contributed by atoms with van der Waals surface area (Å²) in [7, 11) is 0. The van der Waals surface area contributed by atoms with Crippen LogP contribution in [0.1, 0.15) is 48.7 Å². The van der Waals surface area contributed by atoms with Gasteiger partial charge in [-0.1, -0.05) is 39.0 Å². The van der Waals surface area contributed by atoms with Crippen molar-refractivity contribution in [2.75, 3.05) is 28.6 Å². The number of aryl methyl sites for hydroxylation is 1. The van der Waals surface area contributed by atoms with E-state index in [-0.39, 0.29) is 17.9 Å². The fraction of sp³-hybridized carbons (Fsp3) is 0.321. The maximum Gasteiger partial charge on any atom is 0.255 e. The van der Waals surface area contributed by atoms with Crippen molar-refractivity contribution in [2.24, 2.45) is 0 Å². The summed E-state index contributed by atoms with van der Waals surface area (Å²) in [5.74, 6) is 0.733. The Kier molecular flexibility index (Phi) is 6.45. The number of alkyl halides is 1. The van der Waals surface area contributed by atoms with Gasteiger partial charge in [0, 0.05) is 23.5 Å². The van der Waals surface area contributed by atoms with Gasteiger partial charge in [-0.05, 0) is 54.2 Å². The minimum Gasteiger partial charge on any atom is -0.338 e. The Hall–Kier alpha value is -4.14. The van der Waals surface area contributed by atoms with E-state index in [1.165, 1.54) is 6.33 Å². The van der Waals surface area contributed by atoms with E-state index in [0.717, 1.165) is 22.5 Å². The molecule has 1 aliphatic heterocycles. The molecule has 9 heteroatoms. The summed E-state index contributed by atoms with van der Waals surface area (Å²) in [6, 6.07) is 13.4. The van der Waals surface area contributed by atoms with E-state index in [1.807, 2.05) is 36.1 Å². The van der Waals surface area contributed by atoms with Gasteiger partial charge in [0.2, 0.25) is 5.95 Å². The van der Waals surface area contributed by atoms with Gasteiger partial charge >= 0.3 is 0 Å². The number of carbonyl (C=O) groups excluding carboxylic acids is 1. The van der Waals surface area contributed by atoms with Gasteiger partial charge < -0.3 is 15.5 Å². The molecule has 0 spiro atoms. The second-order valence-electron chi connectivity index (χ2n) is 10.4. The van der Waals surface area contributed by atoms with Gasteiger partial charge in [-0.15, -0.1) is 0 Å². The van der Waals surface area contributed by atoms with Crippen molar-refractivity contribution in [1.82, 2.24) is 19.9 Å². The Labute approximate surface area is 215 Å². The van der Waals surface area contributed by atoms with E-state index in [0.29, 0.717) is 41.3 Å². The second kappa shape index (κ2) is 9.72. The van der Waals surface area contributed by atoms with E-state index in [4.69, 9.17) is 0 Å². The fourth-order valence-electron chi connectivity index (χ4n) is 4.28. The van der Waals surface area contributed by atoms with E-state index in [9.17, 15) is 9.18 Å². The molecule has 0 bridgehead atoms. The highest BCUT2D eigenvalue weighted by atomic mass is 19.1. The Morgan fingerprint density at radius 1 is 1.11 bits per heavy atom. The number of carbonyl (C=O) groups is 1. The average molecular weight is 500 g/mol. The van der Waals surface area contributed by atoms with Gasteiger partial charge in [-0.3, -0.25) is 4.79 Å². The largest absolute Gasteiger partial charge is 0.338 e. The quantitative estimate of drug-likeness (QED) is 0.371. The van der Waals surface area contributed by atoms with Gasteiger partial charge in [-0.2, -0.15) is 0 Å². The number of anilines is 4. The second-order valence-corrected chi connectivity index (χ2v) is 10.4. The van der Waals surface area contributed by atoms with Crippen LogP contribution in [0.2, 0.25) is 0 Å². The van der Waals surface area contributed by atoms with Crippen LogP contribution in [0.3, 0.4) is 0 Å². The number of aromatic nitrogens is 4. The molecule has 2 aromatic heterocycles. The lowest BCUT2D eigenvalue weighted by Crippen LogP contribution is -2.22. The molecule has 190 valence electrons. The lowest BCUT2D eigenvalue weighted by atomic mass is 9.87. The van der Waals surface area contributed by atoms with Gasteiger partial charge in [0.1, 0.15) is 23.5 Å². The molecule has 2 aromatic carbocycles. The molecule has 1 aliphatic rings. The third-order valence-corrected chi connectivity index (χ3v) is 6.52. The van der Waals surface area contributed by atoms with Crippen molar-refractivity contribution >= 4 is 40.1 Å². The van der Waals surface area contributed by atoms with Crippen LogP contribution < -0.4 is 15.5 Å². The number of fused-ring (bicyclic) bond motifs is 1. The van der Waals surface area contributed by atoms with Crippen LogP contribution in [-0.2, 0) is 5.41 Å². The number of hydrogen-bond donors (Lipinski definition) is 2. The molecule has 2 N–H and O–H groups in total. The zero-order chi connectivity index (χ0) is 26.2. The third kappa shape index (κ3) is 5.35. The maximum atomic E-state index is 13.7. The van der Waals surface area contributed by atoms with Gasteiger partial charge in [0.25, 0.3) is 5.91 Å². The Morgan fingerprint density at radius 2 is 1.95 bits per heavy atom. The van der Waals surface area contributed by atoms with Crippen LogP contribution in [-0.4, -0.2) is 45.1 Å². The molecule has 1 saturated heterocycles. The van der Waals surface area contributed by atoms with Crippen LogP contribution in [0.25, 0.3) is 11.0 Å². The van der Waals surface area contributed by atoms with E-state index in [1.54, 1.807) is 18.3 Å².